The highest BCUT2D eigenvalue weighted by Crippen LogP contribution is 2.59. The Kier molecular flexibility index (Phi) is 19.8. The number of phenolic OH excluding ortho intramolecular Hbond substituents is 12. The largest absolute Gasteiger partial charge is 0.504 e. The van der Waals surface area contributed by atoms with Gasteiger partial charge in [0.15, 0.2) is 46.0 Å². The summed E-state index contributed by atoms with van der Waals surface area (Å²) in [7, 11) is 0. The smallest absolute Gasteiger partial charge is 0.200 e. The molecule has 0 unspecified atom stereocenters. The van der Waals surface area contributed by atoms with Crippen LogP contribution in [0.4, 0.5) is 0 Å². The Morgan fingerprint density at radius 3 is 0.515 bits per heavy atom. The van der Waals surface area contributed by atoms with Gasteiger partial charge in [0.1, 0.15) is 0 Å². The molecule has 0 amide bonds. The fraction of sp³-hybridized carbons (Fsp3) is 0.571. The van der Waals surface area contributed by atoms with E-state index in [-0.39, 0.29) is 70.2 Å². The maximum absolute atomic E-state index is 11.9. The van der Waals surface area contributed by atoms with Crippen molar-refractivity contribution in [2.45, 2.75) is 205 Å². The monoisotopic (exact) mass is 945 g/mol. The SMILES string of the molecule is CCCCCCCC1c2cc(c(O)c(O)c2O)C(CCCCCCC)c2cc(c(O)c(O)c2O)C(CCCCCCC)c2cc(c(O)c(O)c2O)C(CCCCCCC)c2cc1c(O)c(O)c2O. The number of aromatic hydroxyl groups is 12. The highest BCUT2D eigenvalue weighted by Gasteiger charge is 2.37. The van der Waals surface area contributed by atoms with Crippen LogP contribution in [0.2, 0.25) is 0 Å². The number of unbranched alkanes of at least 4 members (excludes halogenated alkanes) is 16. The van der Waals surface area contributed by atoms with Gasteiger partial charge in [-0.05, 0) is 49.9 Å². The average Bonchev–Trinajstić information content (AvgIpc) is 3.33. The van der Waals surface area contributed by atoms with E-state index in [1.165, 1.54) is 24.3 Å². The maximum Gasteiger partial charge on any atom is 0.200 e. The Labute approximate surface area is 403 Å². The first kappa shape index (κ1) is 53.4. The van der Waals surface area contributed by atoms with Crippen LogP contribution in [-0.2, 0) is 0 Å². The van der Waals surface area contributed by atoms with Gasteiger partial charge in [0.25, 0.3) is 0 Å². The summed E-state index contributed by atoms with van der Waals surface area (Å²) in [6.45, 7) is 8.38. The predicted octanol–water partition coefficient (Wildman–Crippen LogP) is 14.4. The Balaban J connectivity index is 1.96. The van der Waals surface area contributed by atoms with Crippen molar-refractivity contribution in [1.82, 2.24) is 0 Å². The molecule has 12 heteroatoms. The van der Waals surface area contributed by atoms with E-state index in [0.29, 0.717) is 25.7 Å². The van der Waals surface area contributed by atoms with Crippen LogP contribution < -0.4 is 0 Å². The van der Waals surface area contributed by atoms with Gasteiger partial charge < -0.3 is 61.3 Å². The minimum atomic E-state index is -0.970. The molecular formula is C56H80O12. The summed E-state index contributed by atoms with van der Waals surface area (Å²) in [6, 6.07) is 6.13. The van der Waals surface area contributed by atoms with Crippen molar-refractivity contribution in [3.63, 3.8) is 0 Å². The molecule has 0 heterocycles. The van der Waals surface area contributed by atoms with E-state index >= 15 is 0 Å². The second-order valence-corrected chi connectivity index (χ2v) is 19.4. The molecule has 0 saturated heterocycles. The van der Waals surface area contributed by atoms with Crippen LogP contribution in [0.3, 0.4) is 0 Å². The zero-order valence-corrected chi connectivity index (χ0v) is 41.0. The molecule has 0 aliphatic heterocycles. The molecule has 4 aromatic carbocycles. The summed E-state index contributed by atoms with van der Waals surface area (Å²) in [5, 5.41) is 142. The van der Waals surface area contributed by atoms with Crippen LogP contribution in [-0.4, -0.2) is 61.3 Å². The van der Waals surface area contributed by atoms with Gasteiger partial charge in [-0.15, -0.1) is 0 Å². The van der Waals surface area contributed by atoms with Gasteiger partial charge in [0.05, 0.1) is 0 Å². The maximum atomic E-state index is 11.9. The fourth-order valence-corrected chi connectivity index (χ4v) is 10.6. The molecule has 4 aromatic rings. The van der Waals surface area contributed by atoms with Gasteiger partial charge in [-0.25, -0.2) is 0 Å². The molecule has 5 rings (SSSR count). The Bertz CT molecular complexity index is 1850. The normalized spacial score (nSPS) is 16.9. The third-order valence-electron chi connectivity index (χ3n) is 14.6. The molecule has 12 nitrogen and oxygen atoms in total. The van der Waals surface area contributed by atoms with Gasteiger partial charge in [0.2, 0.25) is 23.0 Å². The van der Waals surface area contributed by atoms with Gasteiger partial charge in [0, 0.05) is 68.2 Å². The van der Waals surface area contributed by atoms with Crippen LogP contribution in [0.25, 0.3) is 0 Å². The molecule has 0 fully saturated rings. The summed E-state index contributed by atoms with van der Waals surface area (Å²) >= 11 is 0. The number of fused-ring (bicyclic) bond motifs is 8. The molecular weight excluding hydrogens is 865 g/mol. The van der Waals surface area contributed by atoms with Crippen molar-refractivity contribution in [2.75, 3.05) is 0 Å². The highest BCUT2D eigenvalue weighted by molar-refractivity contribution is 5.70. The first-order valence-corrected chi connectivity index (χ1v) is 25.8. The van der Waals surface area contributed by atoms with Crippen molar-refractivity contribution >= 4 is 0 Å². The first-order chi connectivity index (χ1) is 32.7. The second-order valence-electron chi connectivity index (χ2n) is 19.4. The summed E-state index contributed by atoms with van der Waals surface area (Å²) in [5.41, 5.74) is 0.751. The van der Waals surface area contributed by atoms with Crippen LogP contribution in [0.5, 0.6) is 69.0 Å². The summed E-state index contributed by atoms with van der Waals surface area (Å²) in [4.78, 5) is 0. The molecule has 1 aliphatic rings. The van der Waals surface area contributed by atoms with Crippen LogP contribution in [0.1, 0.15) is 250 Å². The van der Waals surface area contributed by atoms with Gasteiger partial charge in [-0.2, -0.15) is 0 Å². The van der Waals surface area contributed by atoms with E-state index in [1.807, 2.05) is 0 Å². The molecule has 376 valence electrons. The van der Waals surface area contributed by atoms with Crippen LogP contribution in [0, 0.1) is 0 Å². The standard InChI is InChI=1S/C56H80O12/c1-5-9-13-17-21-25-33-37-29-39(47(59)53(65)45(37)57)34(26-22-18-14-10-6-2)41-31-43(51(63)55(67)49(41)61)36(28-24-20-16-12-8-4)44-32-42(50(62)56(68)52(44)64)35(27-23-19-15-11-7-3)40-30-38(33)46(58)54(66)48(40)60/h29-36,57-68H,5-28H2,1-4H3. The van der Waals surface area contributed by atoms with E-state index < -0.39 is 92.7 Å². The molecule has 1 aliphatic carbocycles. The van der Waals surface area contributed by atoms with Crippen molar-refractivity contribution in [3.8, 4) is 69.0 Å². The second kappa shape index (κ2) is 25.2. The summed E-state index contributed by atoms with van der Waals surface area (Å²) in [5.74, 6) is -12.6. The molecule has 0 spiro atoms. The molecule has 0 atom stereocenters. The topological polar surface area (TPSA) is 243 Å². The fourth-order valence-electron chi connectivity index (χ4n) is 10.6. The molecule has 0 aromatic heterocycles. The average molecular weight is 945 g/mol. The first-order valence-electron chi connectivity index (χ1n) is 25.8. The Morgan fingerprint density at radius 1 is 0.221 bits per heavy atom. The van der Waals surface area contributed by atoms with Crippen molar-refractivity contribution in [1.29, 1.82) is 0 Å². The molecule has 12 N–H and O–H groups in total. The van der Waals surface area contributed by atoms with Crippen LogP contribution in [0.15, 0.2) is 24.3 Å². The summed E-state index contributed by atoms with van der Waals surface area (Å²) < 4.78 is 0. The van der Waals surface area contributed by atoms with E-state index in [0.717, 1.165) is 103 Å². The summed E-state index contributed by atoms with van der Waals surface area (Å²) in [6.07, 6.45) is 17.9. The van der Waals surface area contributed by atoms with E-state index in [9.17, 15) is 61.3 Å². The van der Waals surface area contributed by atoms with E-state index in [4.69, 9.17) is 0 Å². The lowest BCUT2D eigenvalue weighted by Gasteiger charge is -2.30. The van der Waals surface area contributed by atoms with Crippen molar-refractivity contribution in [2.24, 2.45) is 0 Å². The van der Waals surface area contributed by atoms with E-state index in [1.54, 1.807) is 0 Å². The highest BCUT2D eigenvalue weighted by atomic mass is 16.3. The molecule has 68 heavy (non-hydrogen) atoms. The Hall–Kier alpha value is -5.52. The molecule has 8 bridgehead atoms. The van der Waals surface area contributed by atoms with Crippen molar-refractivity contribution in [3.05, 3.63) is 68.8 Å². The molecule has 0 saturated carbocycles. The third-order valence-corrected chi connectivity index (χ3v) is 14.6. The lowest BCUT2D eigenvalue weighted by molar-refractivity contribution is 0.347. The van der Waals surface area contributed by atoms with Crippen molar-refractivity contribution < 1.29 is 61.3 Å². The lowest BCUT2D eigenvalue weighted by Crippen LogP contribution is -2.12. The number of hydrogen-bond acceptors (Lipinski definition) is 12. The minimum absolute atomic E-state index is 0.0939. The third kappa shape index (κ3) is 11.8. The minimum Gasteiger partial charge on any atom is -0.504 e. The van der Waals surface area contributed by atoms with Gasteiger partial charge >= 0.3 is 0 Å². The van der Waals surface area contributed by atoms with E-state index in [2.05, 4.69) is 27.7 Å². The predicted molar refractivity (Wildman–Crippen MR) is 267 cm³/mol. The van der Waals surface area contributed by atoms with Crippen LogP contribution >= 0.6 is 0 Å². The Morgan fingerprint density at radius 2 is 0.368 bits per heavy atom. The number of hydrogen-bond donors (Lipinski definition) is 12. The number of phenols is 12. The number of benzene rings is 4. The number of rotatable bonds is 24. The lowest BCUT2D eigenvalue weighted by atomic mass is 9.76. The zero-order chi connectivity index (χ0) is 49.7. The quantitative estimate of drug-likeness (QED) is 0.0232. The zero-order valence-electron chi connectivity index (χ0n) is 41.0. The molecule has 0 radical (unpaired) electrons. The van der Waals surface area contributed by atoms with Gasteiger partial charge in [-0.1, -0.05) is 156 Å². The van der Waals surface area contributed by atoms with Gasteiger partial charge in [-0.3, -0.25) is 0 Å².